The minimum Gasteiger partial charge on any atom is -0.322 e. The Hall–Kier alpha value is -1.07. The van der Waals surface area contributed by atoms with E-state index < -0.39 is 0 Å². The molecule has 0 atom stereocenters. The van der Waals surface area contributed by atoms with Gasteiger partial charge >= 0.3 is 0 Å². The lowest BCUT2D eigenvalue weighted by Gasteiger charge is -2.10. The van der Waals surface area contributed by atoms with Crippen LogP contribution in [0.1, 0.15) is 17.4 Å². The summed E-state index contributed by atoms with van der Waals surface area (Å²) in [5.74, 6) is -0.167. The Kier molecular flexibility index (Phi) is 6.06. The third kappa shape index (κ3) is 4.45. The minimum atomic E-state index is -0.167. The van der Waals surface area contributed by atoms with Gasteiger partial charge in [0.1, 0.15) is 0 Å². The second kappa shape index (κ2) is 7.80. The Labute approximate surface area is 138 Å². The van der Waals surface area contributed by atoms with E-state index in [-0.39, 0.29) is 12.5 Å². The summed E-state index contributed by atoms with van der Waals surface area (Å²) in [7, 11) is 0. The Morgan fingerprint density at radius 3 is 2.62 bits per heavy atom. The molecule has 0 unspecified atom stereocenters. The van der Waals surface area contributed by atoms with Crippen molar-refractivity contribution in [2.75, 3.05) is 11.9 Å². The van der Waals surface area contributed by atoms with Crippen LogP contribution in [0.4, 0.5) is 5.69 Å². The van der Waals surface area contributed by atoms with E-state index in [1.807, 2.05) is 0 Å². The second-order valence-electron chi connectivity index (χ2n) is 4.47. The van der Waals surface area contributed by atoms with Gasteiger partial charge in [0.2, 0.25) is 5.91 Å². The standard InChI is InChI=1S/C15H16Cl2N2OS/c1-2-10-6-7-21-13(10)8-18-9-14(20)19-15-11(16)4-3-5-12(15)17/h3-7,18H,2,8-9H2,1H3,(H,19,20). The van der Waals surface area contributed by atoms with Gasteiger partial charge in [-0.3, -0.25) is 4.79 Å². The highest BCUT2D eigenvalue weighted by atomic mass is 35.5. The summed E-state index contributed by atoms with van der Waals surface area (Å²) < 4.78 is 0. The number of thiophene rings is 1. The van der Waals surface area contributed by atoms with Crippen molar-refractivity contribution in [3.8, 4) is 0 Å². The average molecular weight is 343 g/mol. The minimum absolute atomic E-state index is 0.167. The van der Waals surface area contributed by atoms with Crippen molar-refractivity contribution in [1.82, 2.24) is 5.32 Å². The summed E-state index contributed by atoms with van der Waals surface area (Å²) in [6.07, 6.45) is 1.00. The van der Waals surface area contributed by atoms with E-state index in [1.54, 1.807) is 29.5 Å². The highest BCUT2D eigenvalue weighted by molar-refractivity contribution is 7.10. The summed E-state index contributed by atoms with van der Waals surface area (Å²) >= 11 is 13.7. The SMILES string of the molecule is CCc1ccsc1CNCC(=O)Nc1c(Cl)cccc1Cl. The molecular weight excluding hydrogens is 327 g/mol. The maximum atomic E-state index is 11.9. The summed E-state index contributed by atoms with van der Waals surface area (Å²) in [5.41, 5.74) is 1.78. The molecule has 112 valence electrons. The van der Waals surface area contributed by atoms with E-state index in [0.717, 1.165) is 6.42 Å². The van der Waals surface area contributed by atoms with Crippen LogP contribution in [-0.2, 0) is 17.8 Å². The van der Waals surface area contributed by atoms with Gasteiger partial charge in [-0.2, -0.15) is 0 Å². The first kappa shape index (κ1) is 16.3. The van der Waals surface area contributed by atoms with Crippen LogP contribution in [0, 0.1) is 0 Å². The van der Waals surface area contributed by atoms with Crippen molar-refractivity contribution in [3.63, 3.8) is 0 Å². The number of aryl methyl sites for hydroxylation is 1. The molecule has 1 aromatic carbocycles. The van der Waals surface area contributed by atoms with Gasteiger partial charge in [0.15, 0.2) is 0 Å². The fraction of sp³-hybridized carbons (Fsp3) is 0.267. The van der Waals surface area contributed by atoms with Crippen LogP contribution in [0.15, 0.2) is 29.6 Å². The lowest BCUT2D eigenvalue weighted by atomic mass is 10.2. The van der Waals surface area contributed by atoms with E-state index in [9.17, 15) is 4.79 Å². The molecule has 0 saturated carbocycles. The second-order valence-corrected chi connectivity index (χ2v) is 6.29. The van der Waals surface area contributed by atoms with Crippen molar-refractivity contribution in [2.24, 2.45) is 0 Å². The van der Waals surface area contributed by atoms with E-state index in [0.29, 0.717) is 22.3 Å². The van der Waals surface area contributed by atoms with Crippen LogP contribution in [0.25, 0.3) is 0 Å². The van der Waals surface area contributed by atoms with Gasteiger partial charge in [0, 0.05) is 11.4 Å². The molecule has 3 nitrogen and oxygen atoms in total. The molecule has 21 heavy (non-hydrogen) atoms. The molecule has 0 aliphatic carbocycles. The zero-order valence-corrected chi connectivity index (χ0v) is 13.9. The molecule has 0 spiro atoms. The first-order valence-electron chi connectivity index (χ1n) is 6.61. The molecule has 0 bridgehead atoms. The van der Waals surface area contributed by atoms with Crippen molar-refractivity contribution >= 4 is 46.1 Å². The van der Waals surface area contributed by atoms with Crippen LogP contribution in [0.5, 0.6) is 0 Å². The quantitative estimate of drug-likeness (QED) is 0.819. The summed E-state index contributed by atoms with van der Waals surface area (Å²) in [6, 6.07) is 7.23. The molecule has 1 heterocycles. The number of carbonyl (C=O) groups excluding carboxylic acids is 1. The summed E-state index contributed by atoms with van der Waals surface area (Å²) in [4.78, 5) is 13.2. The van der Waals surface area contributed by atoms with Gasteiger partial charge in [-0.15, -0.1) is 11.3 Å². The number of halogens is 2. The van der Waals surface area contributed by atoms with E-state index >= 15 is 0 Å². The van der Waals surface area contributed by atoms with Crippen molar-refractivity contribution < 1.29 is 4.79 Å². The lowest BCUT2D eigenvalue weighted by molar-refractivity contribution is -0.115. The number of para-hydroxylation sites is 1. The fourth-order valence-electron chi connectivity index (χ4n) is 1.93. The highest BCUT2D eigenvalue weighted by Gasteiger charge is 2.09. The number of hydrogen-bond acceptors (Lipinski definition) is 3. The predicted molar refractivity (Wildman–Crippen MR) is 90.5 cm³/mol. The largest absolute Gasteiger partial charge is 0.322 e. The molecule has 0 saturated heterocycles. The number of amides is 1. The van der Waals surface area contributed by atoms with Crippen LogP contribution in [0.2, 0.25) is 10.0 Å². The number of hydrogen-bond donors (Lipinski definition) is 2. The Morgan fingerprint density at radius 1 is 1.24 bits per heavy atom. The van der Waals surface area contributed by atoms with Crippen molar-refractivity contribution in [3.05, 3.63) is 50.1 Å². The molecule has 2 N–H and O–H groups in total. The average Bonchev–Trinajstić information content (AvgIpc) is 2.90. The number of benzene rings is 1. The number of anilines is 1. The van der Waals surface area contributed by atoms with Gasteiger partial charge in [0.25, 0.3) is 0 Å². The maximum Gasteiger partial charge on any atom is 0.238 e. The molecule has 2 aromatic rings. The van der Waals surface area contributed by atoms with E-state index in [2.05, 4.69) is 29.0 Å². The van der Waals surface area contributed by atoms with Crippen LogP contribution >= 0.6 is 34.5 Å². The van der Waals surface area contributed by atoms with Gasteiger partial charge in [0.05, 0.1) is 22.3 Å². The maximum absolute atomic E-state index is 11.9. The third-order valence-corrected chi connectivity index (χ3v) is 4.61. The Morgan fingerprint density at radius 2 is 1.95 bits per heavy atom. The number of nitrogens with one attached hydrogen (secondary N) is 2. The molecule has 0 radical (unpaired) electrons. The summed E-state index contributed by atoms with van der Waals surface area (Å²) in [6.45, 7) is 3.02. The first-order chi connectivity index (χ1) is 10.1. The molecule has 2 rings (SSSR count). The van der Waals surface area contributed by atoms with E-state index in [4.69, 9.17) is 23.2 Å². The molecule has 1 aromatic heterocycles. The number of carbonyl (C=O) groups is 1. The molecule has 0 fully saturated rings. The fourth-order valence-corrected chi connectivity index (χ4v) is 3.37. The van der Waals surface area contributed by atoms with E-state index in [1.165, 1.54) is 10.4 Å². The summed E-state index contributed by atoms with van der Waals surface area (Å²) in [5, 5.41) is 8.79. The Bertz CT molecular complexity index is 608. The zero-order valence-electron chi connectivity index (χ0n) is 11.6. The predicted octanol–water partition coefficient (Wildman–Crippen LogP) is 4.35. The lowest BCUT2D eigenvalue weighted by Crippen LogP contribution is -2.27. The van der Waals surface area contributed by atoms with Crippen LogP contribution in [0.3, 0.4) is 0 Å². The van der Waals surface area contributed by atoms with Crippen molar-refractivity contribution in [1.29, 1.82) is 0 Å². The Balaban J connectivity index is 1.85. The molecule has 0 aliphatic rings. The van der Waals surface area contributed by atoms with Gasteiger partial charge < -0.3 is 10.6 Å². The third-order valence-electron chi connectivity index (χ3n) is 3.02. The van der Waals surface area contributed by atoms with Gasteiger partial charge in [-0.25, -0.2) is 0 Å². The van der Waals surface area contributed by atoms with Gasteiger partial charge in [-0.05, 0) is 35.6 Å². The molecule has 6 heteroatoms. The molecular formula is C15H16Cl2N2OS. The topological polar surface area (TPSA) is 41.1 Å². The normalized spacial score (nSPS) is 10.6. The van der Waals surface area contributed by atoms with Gasteiger partial charge in [-0.1, -0.05) is 36.2 Å². The molecule has 0 aliphatic heterocycles. The monoisotopic (exact) mass is 342 g/mol. The van der Waals surface area contributed by atoms with Crippen LogP contribution in [-0.4, -0.2) is 12.5 Å². The zero-order chi connectivity index (χ0) is 15.2. The highest BCUT2D eigenvalue weighted by Crippen LogP contribution is 2.29. The molecule has 1 amide bonds. The van der Waals surface area contributed by atoms with Crippen LogP contribution < -0.4 is 10.6 Å². The first-order valence-corrected chi connectivity index (χ1v) is 8.25. The van der Waals surface area contributed by atoms with Crippen molar-refractivity contribution in [2.45, 2.75) is 19.9 Å². The number of rotatable bonds is 6. The smallest absolute Gasteiger partial charge is 0.238 e.